The maximum atomic E-state index is 12.5. The zero-order valence-corrected chi connectivity index (χ0v) is 8.49. The highest BCUT2D eigenvalue weighted by Gasteiger charge is 2.30. The van der Waals surface area contributed by atoms with Gasteiger partial charge in [0.15, 0.2) is 0 Å². The van der Waals surface area contributed by atoms with E-state index in [1.165, 1.54) is 12.3 Å². The Bertz CT molecular complexity index is 500. The molecule has 0 aliphatic heterocycles. The third kappa shape index (κ3) is 2.08. The Labute approximate surface area is 90.3 Å². The van der Waals surface area contributed by atoms with Crippen LogP contribution in [-0.2, 0) is 13.2 Å². The summed E-state index contributed by atoms with van der Waals surface area (Å²) < 4.78 is 39.0. The summed E-state index contributed by atoms with van der Waals surface area (Å²) in [4.78, 5) is 0. The predicted molar refractivity (Wildman–Crippen MR) is 53.6 cm³/mol. The van der Waals surface area contributed by atoms with Crippen molar-refractivity contribution in [2.24, 2.45) is 7.05 Å². The van der Waals surface area contributed by atoms with Crippen molar-refractivity contribution in [1.29, 1.82) is 0 Å². The Morgan fingerprint density at radius 1 is 1.19 bits per heavy atom. The second kappa shape index (κ2) is 3.66. The van der Waals surface area contributed by atoms with E-state index >= 15 is 0 Å². The second-order valence-corrected chi connectivity index (χ2v) is 3.48. The largest absolute Gasteiger partial charge is 0.416 e. The molecule has 2 aromatic rings. The van der Waals surface area contributed by atoms with Crippen molar-refractivity contribution in [3.63, 3.8) is 0 Å². The maximum absolute atomic E-state index is 12.5. The van der Waals surface area contributed by atoms with Crippen LogP contribution in [0.5, 0.6) is 0 Å². The molecule has 0 radical (unpaired) electrons. The van der Waals surface area contributed by atoms with Crippen LogP contribution in [0.3, 0.4) is 0 Å². The van der Waals surface area contributed by atoms with Gasteiger partial charge >= 0.3 is 6.18 Å². The second-order valence-electron chi connectivity index (χ2n) is 3.48. The highest BCUT2D eigenvalue weighted by atomic mass is 19.4. The summed E-state index contributed by atoms with van der Waals surface area (Å²) in [5, 5.41) is 3.92. The normalized spacial score (nSPS) is 11.8. The fraction of sp³-hybridized carbons (Fsp3) is 0.182. The quantitative estimate of drug-likeness (QED) is 0.730. The van der Waals surface area contributed by atoms with E-state index in [-0.39, 0.29) is 0 Å². The monoisotopic (exact) mass is 226 g/mol. The van der Waals surface area contributed by atoms with E-state index in [2.05, 4.69) is 5.10 Å². The molecule has 1 aromatic carbocycles. The summed E-state index contributed by atoms with van der Waals surface area (Å²) in [6, 6.07) is 5.20. The molecule has 2 nitrogen and oxygen atoms in total. The first kappa shape index (κ1) is 10.7. The van der Waals surface area contributed by atoms with Crippen molar-refractivity contribution in [2.45, 2.75) is 6.18 Å². The lowest BCUT2D eigenvalue weighted by atomic mass is 10.1. The van der Waals surface area contributed by atoms with E-state index in [1.807, 2.05) is 0 Å². The molecule has 1 aromatic heterocycles. The van der Waals surface area contributed by atoms with Gasteiger partial charge in [-0.05, 0) is 17.7 Å². The highest BCUT2D eigenvalue weighted by molar-refractivity contribution is 5.62. The van der Waals surface area contributed by atoms with Crippen LogP contribution in [0.1, 0.15) is 5.56 Å². The van der Waals surface area contributed by atoms with Crippen molar-refractivity contribution in [1.82, 2.24) is 9.78 Å². The predicted octanol–water partition coefficient (Wildman–Crippen LogP) is 3.11. The van der Waals surface area contributed by atoms with Crippen LogP contribution in [0.2, 0.25) is 0 Å². The van der Waals surface area contributed by atoms with Crippen LogP contribution < -0.4 is 0 Å². The molecule has 0 unspecified atom stereocenters. The first-order valence-corrected chi connectivity index (χ1v) is 4.63. The maximum Gasteiger partial charge on any atom is 0.416 e. The van der Waals surface area contributed by atoms with Gasteiger partial charge in [-0.1, -0.05) is 12.1 Å². The average Bonchev–Trinajstić information content (AvgIpc) is 2.64. The molecule has 1 heterocycles. The van der Waals surface area contributed by atoms with E-state index in [1.54, 1.807) is 24.0 Å². The Hall–Kier alpha value is -1.78. The Balaban J connectivity index is 2.44. The first-order valence-electron chi connectivity index (χ1n) is 4.63. The van der Waals surface area contributed by atoms with Gasteiger partial charge in [0.1, 0.15) is 0 Å². The number of alkyl halides is 3. The minimum absolute atomic E-state index is 0.517. The molecule has 84 valence electrons. The van der Waals surface area contributed by atoms with Gasteiger partial charge in [0.2, 0.25) is 0 Å². The number of aromatic nitrogens is 2. The zero-order valence-electron chi connectivity index (χ0n) is 8.49. The first-order chi connectivity index (χ1) is 7.47. The van der Waals surface area contributed by atoms with Gasteiger partial charge in [0, 0.05) is 18.8 Å². The van der Waals surface area contributed by atoms with Crippen LogP contribution >= 0.6 is 0 Å². The summed E-state index contributed by atoms with van der Waals surface area (Å²) in [5.41, 5.74) is 0.547. The molecule has 0 saturated carbocycles. The lowest BCUT2D eigenvalue weighted by molar-refractivity contribution is -0.137. The highest BCUT2D eigenvalue weighted by Crippen LogP contribution is 2.31. The molecular formula is C11H9F3N2. The van der Waals surface area contributed by atoms with Crippen molar-refractivity contribution in [2.75, 3.05) is 0 Å². The number of aryl methyl sites for hydroxylation is 1. The summed E-state index contributed by atoms with van der Waals surface area (Å²) in [6.45, 7) is 0. The molecule has 0 aliphatic rings. The number of hydrogen-bond donors (Lipinski definition) is 0. The molecule has 0 N–H and O–H groups in total. The summed E-state index contributed by atoms with van der Waals surface area (Å²) in [5.74, 6) is 0. The summed E-state index contributed by atoms with van der Waals surface area (Å²) in [6.07, 6.45) is -1.09. The van der Waals surface area contributed by atoms with Gasteiger partial charge in [-0.3, -0.25) is 4.68 Å². The average molecular weight is 226 g/mol. The molecule has 0 aliphatic carbocycles. The van der Waals surface area contributed by atoms with Crippen LogP contribution in [0.15, 0.2) is 36.7 Å². The van der Waals surface area contributed by atoms with Crippen LogP contribution in [0.4, 0.5) is 13.2 Å². The van der Waals surface area contributed by atoms with Crippen LogP contribution in [-0.4, -0.2) is 9.78 Å². The Morgan fingerprint density at radius 2 is 1.94 bits per heavy atom. The molecule has 0 saturated heterocycles. The molecule has 5 heteroatoms. The third-order valence-corrected chi connectivity index (χ3v) is 2.23. The standard InChI is InChI=1S/C11H9F3N2/c1-16-7-9(6-15-16)8-3-2-4-10(5-8)11(12,13)14/h2-7H,1H3. The fourth-order valence-corrected chi connectivity index (χ4v) is 1.45. The Kier molecular flexibility index (Phi) is 2.46. The molecule has 0 spiro atoms. The number of nitrogens with zero attached hydrogens (tertiary/aromatic N) is 2. The van der Waals surface area contributed by atoms with Gasteiger partial charge in [-0.15, -0.1) is 0 Å². The molecule has 0 atom stereocenters. The Morgan fingerprint density at radius 3 is 2.50 bits per heavy atom. The van der Waals surface area contributed by atoms with Crippen molar-refractivity contribution in [3.05, 3.63) is 42.2 Å². The van der Waals surface area contributed by atoms with Gasteiger partial charge in [-0.25, -0.2) is 0 Å². The number of halogens is 3. The number of hydrogen-bond acceptors (Lipinski definition) is 1. The number of benzene rings is 1. The molecule has 16 heavy (non-hydrogen) atoms. The van der Waals surface area contributed by atoms with E-state index in [4.69, 9.17) is 0 Å². The summed E-state index contributed by atoms with van der Waals surface area (Å²) in [7, 11) is 1.72. The third-order valence-electron chi connectivity index (χ3n) is 2.23. The summed E-state index contributed by atoms with van der Waals surface area (Å²) >= 11 is 0. The number of rotatable bonds is 1. The fourth-order valence-electron chi connectivity index (χ4n) is 1.45. The smallest absolute Gasteiger partial charge is 0.275 e. The zero-order chi connectivity index (χ0) is 11.8. The molecule has 2 rings (SSSR count). The van der Waals surface area contributed by atoms with Crippen molar-refractivity contribution in [3.8, 4) is 11.1 Å². The minimum atomic E-state index is -4.31. The van der Waals surface area contributed by atoms with Crippen molar-refractivity contribution < 1.29 is 13.2 Å². The van der Waals surface area contributed by atoms with Crippen LogP contribution in [0, 0.1) is 0 Å². The minimum Gasteiger partial charge on any atom is -0.275 e. The van der Waals surface area contributed by atoms with Crippen LogP contribution in [0.25, 0.3) is 11.1 Å². The van der Waals surface area contributed by atoms with E-state index < -0.39 is 11.7 Å². The van der Waals surface area contributed by atoms with Crippen molar-refractivity contribution >= 4 is 0 Å². The topological polar surface area (TPSA) is 17.8 Å². The van der Waals surface area contributed by atoms with Gasteiger partial charge < -0.3 is 0 Å². The lowest BCUT2D eigenvalue weighted by Gasteiger charge is -2.07. The molecular weight excluding hydrogens is 217 g/mol. The SMILES string of the molecule is Cn1cc(-c2cccc(C(F)(F)F)c2)cn1. The van der Waals surface area contributed by atoms with Gasteiger partial charge in [0.25, 0.3) is 0 Å². The van der Waals surface area contributed by atoms with Gasteiger partial charge in [0.05, 0.1) is 11.8 Å². The molecule has 0 fully saturated rings. The van der Waals surface area contributed by atoms with E-state index in [0.29, 0.717) is 11.1 Å². The van der Waals surface area contributed by atoms with Gasteiger partial charge in [-0.2, -0.15) is 18.3 Å². The molecule has 0 bridgehead atoms. The molecule has 0 amide bonds. The lowest BCUT2D eigenvalue weighted by Crippen LogP contribution is -2.04. The van der Waals surface area contributed by atoms with E-state index in [0.717, 1.165) is 12.1 Å². The van der Waals surface area contributed by atoms with E-state index in [9.17, 15) is 13.2 Å².